The summed E-state index contributed by atoms with van der Waals surface area (Å²) in [7, 11) is 0. The second-order valence-electron chi connectivity index (χ2n) is 8.08. The Balaban J connectivity index is 1.19. The highest BCUT2D eigenvalue weighted by Crippen LogP contribution is 2.20. The zero-order chi connectivity index (χ0) is 25.0. The molecule has 1 N–H and O–H groups in total. The molecule has 0 spiro atoms. The van der Waals surface area contributed by atoms with Gasteiger partial charge < -0.3 is 14.2 Å². The number of amides is 1. The van der Waals surface area contributed by atoms with Crippen LogP contribution in [0.15, 0.2) is 114 Å². The lowest BCUT2D eigenvalue weighted by Crippen LogP contribution is -2.33. The van der Waals surface area contributed by atoms with Crippen LogP contribution in [0.4, 0.5) is 0 Å². The molecule has 6 nitrogen and oxygen atoms in total. The zero-order valence-corrected chi connectivity index (χ0v) is 20.0. The van der Waals surface area contributed by atoms with E-state index in [1.807, 2.05) is 97.1 Å². The molecule has 0 heterocycles. The van der Waals surface area contributed by atoms with Crippen molar-refractivity contribution < 1.29 is 19.0 Å². The van der Waals surface area contributed by atoms with Gasteiger partial charge in [0.15, 0.2) is 6.10 Å². The fourth-order valence-corrected chi connectivity index (χ4v) is 3.27. The number of hydrogen-bond donors (Lipinski definition) is 1. The summed E-state index contributed by atoms with van der Waals surface area (Å²) >= 11 is 0. The molecule has 0 aromatic heterocycles. The minimum Gasteiger partial charge on any atom is -0.489 e. The van der Waals surface area contributed by atoms with Gasteiger partial charge in [-0.25, -0.2) is 5.43 Å². The highest BCUT2D eigenvalue weighted by Gasteiger charge is 2.14. The lowest BCUT2D eigenvalue weighted by molar-refractivity contribution is -0.127. The first-order valence-electron chi connectivity index (χ1n) is 11.7. The predicted octanol–water partition coefficient (Wildman–Crippen LogP) is 5.76. The second-order valence-corrected chi connectivity index (χ2v) is 8.08. The molecule has 0 fully saturated rings. The number of rotatable bonds is 11. The van der Waals surface area contributed by atoms with Crippen LogP contribution in [-0.4, -0.2) is 18.2 Å². The summed E-state index contributed by atoms with van der Waals surface area (Å²) in [6.07, 6.45) is 0.858. The Hall–Kier alpha value is -4.58. The van der Waals surface area contributed by atoms with Crippen molar-refractivity contribution in [3.05, 3.63) is 126 Å². The lowest BCUT2D eigenvalue weighted by Gasteiger charge is -2.13. The van der Waals surface area contributed by atoms with Crippen molar-refractivity contribution in [2.75, 3.05) is 0 Å². The van der Waals surface area contributed by atoms with Gasteiger partial charge in [-0.2, -0.15) is 5.10 Å². The van der Waals surface area contributed by atoms with Gasteiger partial charge in [0.05, 0.1) is 6.21 Å². The average molecular weight is 481 g/mol. The number of carbonyl (C=O) groups excluding carboxylic acids is 1. The van der Waals surface area contributed by atoms with E-state index in [9.17, 15) is 4.79 Å². The van der Waals surface area contributed by atoms with Gasteiger partial charge >= 0.3 is 0 Å². The standard InChI is InChI=1S/C30H28N2O4/c1-23(36-29-18-16-28(17-19-29)35-22-26-10-6-3-7-11-26)30(33)32-31-20-24-12-14-27(15-13-24)34-21-25-8-4-2-5-9-25/h2-20,23H,21-22H2,1H3,(H,32,33)/b31-20+/t23-/m0/s1. The maximum Gasteiger partial charge on any atom is 0.280 e. The van der Waals surface area contributed by atoms with Crippen molar-refractivity contribution in [3.8, 4) is 17.2 Å². The molecule has 0 aliphatic heterocycles. The number of nitrogens with one attached hydrogen (secondary N) is 1. The largest absolute Gasteiger partial charge is 0.489 e. The molecule has 0 saturated carbocycles. The van der Waals surface area contributed by atoms with Gasteiger partial charge in [-0.1, -0.05) is 60.7 Å². The first-order valence-corrected chi connectivity index (χ1v) is 11.7. The molecular weight excluding hydrogens is 452 g/mol. The molecule has 0 aliphatic rings. The van der Waals surface area contributed by atoms with E-state index >= 15 is 0 Å². The van der Waals surface area contributed by atoms with E-state index in [0.29, 0.717) is 19.0 Å². The Bertz CT molecular complexity index is 1240. The zero-order valence-electron chi connectivity index (χ0n) is 20.0. The molecule has 0 saturated heterocycles. The van der Waals surface area contributed by atoms with Crippen LogP contribution in [0.2, 0.25) is 0 Å². The average Bonchev–Trinajstić information content (AvgIpc) is 2.93. The van der Waals surface area contributed by atoms with Crippen LogP contribution in [-0.2, 0) is 18.0 Å². The summed E-state index contributed by atoms with van der Waals surface area (Å²) in [6.45, 7) is 2.66. The molecule has 0 radical (unpaired) electrons. The topological polar surface area (TPSA) is 69.2 Å². The SMILES string of the molecule is C[C@H](Oc1ccc(OCc2ccccc2)cc1)C(=O)N/N=C/c1ccc(OCc2ccccc2)cc1. The van der Waals surface area contributed by atoms with E-state index in [1.165, 1.54) is 0 Å². The third-order valence-corrected chi connectivity index (χ3v) is 5.27. The second kappa shape index (κ2) is 12.8. The van der Waals surface area contributed by atoms with Crippen molar-refractivity contribution in [2.45, 2.75) is 26.2 Å². The fourth-order valence-electron chi connectivity index (χ4n) is 3.27. The van der Waals surface area contributed by atoms with Crippen molar-refractivity contribution >= 4 is 12.1 Å². The number of carbonyl (C=O) groups is 1. The normalized spacial score (nSPS) is 11.6. The van der Waals surface area contributed by atoms with Gasteiger partial charge in [-0.15, -0.1) is 0 Å². The Labute approximate surface area is 211 Å². The maximum atomic E-state index is 12.3. The highest BCUT2D eigenvalue weighted by atomic mass is 16.5. The molecule has 4 rings (SSSR count). The molecule has 1 amide bonds. The van der Waals surface area contributed by atoms with Gasteiger partial charge in [0.1, 0.15) is 30.5 Å². The summed E-state index contributed by atoms with van der Waals surface area (Å²) in [4.78, 5) is 12.3. The van der Waals surface area contributed by atoms with Crippen LogP contribution in [0.5, 0.6) is 17.2 Å². The minimum atomic E-state index is -0.716. The molecule has 0 bridgehead atoms. The van der Waals surface area contributed by atoms with Crippen LogP contribution in [0.25, 0.3) is 0 Å². The van der Waals surface area contributed by atoms with Crippen molar-refractivity contribution in [2.24, 2.45) is 5.10 Å². The summed E-state index contributed by atoms with van der Waals surface area (Å²) in [5.74, 6) is 1.71. The quantitative estimate of drug-likeness (QED) is 0.219. The fraction of sp³-hybridized carbons (Fsp3) is 0.133. The van der Waals surface area contributed by atoms with Crippen LogP contribution in [0, 0.1) is 0 Å². The first kappa shape index (κ1) is 24.5. The van der Waals surface area contributed by atoms with Crippen LogP contribution in [0.3, 0.4) is 0 Å². The van der Waals surface area contributed by atoms with Crippen LogP contribution < -0.4 is 19.6 Å². The van der Waals surface area contributed by atoms with Gasteiger partial charge in [0, 0.05) is 0 Å². The third-order valence-electron chi connectivity index (χ3n) is 5.27. The van der Waals surface area contributed by atoms with E-state index in [2.05, 4.69) is 10.5 Å². The Morgan fingerprint density at radius 3 is 1.72 bits per heavy atom. The van der Waals surface area contributed by atoms with Crippen molar-refractivity contribution in [1.29, 1.82) is 0 Å². The maximum absolute atomic E-state index is 12.3. The van der Waals surface area contributed by atoms with E-state index in [0.717, 1.165) is 28.2 Å². The molecule has 0 unspecified atom stereocenters. The van der Waals surface area contributed by atoms with E-state index < -0.39 is 6.10 Å². The Kier molecular flexibility index (Phi) is 8.70. The van der Waals surface area contributed by atoms with Crippen LogP contribution >= 0.6 is 0 Å². The number of ether oxygens (including phenoxy) is 3. The third kappa shape index (κ3) is 7.74. The molecule has 4 aromatic carbocycles. The van der Waals surface area contributed by atoms with Crippen molar-refractivity contribution in [1.82, 2.24) is 5.43 Å². The summed E-state index contributed by atoms with van der Waals surface area (Å²) in [5.41, 5.74) is 5.55. The van der Waals surface area contributed by atoms with Gasteiger partial charge in [0.2, 0.25) is 0 Å². The highest BCUT2D eigenvalue weighted by molar-refractivity contribution is 5.84. The molecule has 0 aliphatic carbocycles. The Morgan fingerprint density at radius 1 is 0.722 bits per heavy atom. The van der Waals surface area contributed by atoms with E-state index in [4.69, 9.17) is 14.2 Å². The molecule has 6 heteroatoms. The van der Waals surface area contributed by atoms with Gasteiger partial charge in [-0.05, 0) is 72.1 Å². The summed E-state index contributed by atoms with van der Waals surface area (Å²) in [5, 5.41) is 4.03. The molecule has 4 aromatic rings. The first-order chi connectivity index (χ1) is 17.7. The number of hydrazone groups is 1. The predicted molar refractivity (Wildman–Crippen MR) is 140 cm³/mol. The van der Waals surface area contributed by atoms with Crippen molar-refractivity contribution in [3.63, 3.8) is 0 Å². The smallest absolute Gasteiger partial charge is 0.280 e. The monoisotopic (exact) mass is 480 g/mol. The lowest BCUT2D eigenvalue weighted by atomic mass is 10.2. The van der Waals surface area contributed by atoms with Gasteiger partial charge in [-0.3, -0.25) is 4.79 Å². The Morgan fingerprint density at radius 2 is 1.19 bits per heavy atom. The molecule has 182 valence electrons. The summed E-state index contributed by atoms with van der Waals surface area (Å²) in [6, 6.07) is 34.6. The molecule has 36 heavy (non-hydrogen) atoms. The summed E-state index contributed by atoms with van der Waals surface area (Å²) < 4.78 is 17.3. The number of benzene rings is 4. The van der Waals surface area contributed by atoms with E-state index in [-0.39, 0.29) is 5.91 Å². The van der Waals surface area contributed by atoms with E-state index in [1.54, 1.807) is 25.3 Å². The van der Waals surface area contributed by atoms with Crippen LogP contribution in [0.1, 0.15) is 23.6 Å². The molecular formula is C30H28N2O4. The number of hydrogen-bond acceptors (Lipinski definition) is 5. The minimum absolute atomic E-state index is 0.349. The molecule has 1 atom stereocenters. The number of nitrogens with zero attached hydrogens (tertiary/aromatic N) is 1. The van der Waals surface area contributed by atoms with Gasteiger partial charge in [0.25, 0.3) is 5.91 Å².